The summed E-state index contributed by atoms with van der Waals surface area (Å²) in [6.45, 7) is 0.860. The number of benzene rings is 2. The maximum atomic E-state index is 13.0. The Bertz CT molecular complexity index is 1040. The molecular weight excluding hydrogens is 380 g/mol. The predicted octanol–water partition coefficient (Wildman–Crippen LogP) is 4.46. The Hall–Kier alpha value is -3.58. The molecule has 0 saturated carbocycles. The zero-order valence-electron chi connectivity index (χ0n) is 17.0. The number of hydrogen-bond acceptors (Lipinski definition) is 6. The van der Waals surface area contributed by atoms with Crippen LogP contribution in [0.15, 0.2) is 66.9 Å². The molecule has 0 saturated heterocycles. The molecule has 0 amide bonds. The minimum atomic E-state index is -0.501. The highest BCUT2D eigenvalue weighted by Crippen LogP contribution is 2.32. The minimum absolute atomic E-state index is 0.153. The SMILES string of the molecule is CN(C)CCCc1ccnc([N+](=O)[O-])c1Nc1ccccc1C(=O)c1ccccc1. The second kappa shape index (κ2) is 9.76. The molecule has 3 aromatic rings. The van der Waals surface area contributed by atoms with Crippen molar-refractivity contribution in [1.82, 2.24) is 9.88 Å². The van der Waals surface area contributed by atoms with Crippen molar-refractivity contribution in [3.05, 3.63) is 93.7 Å². The summed E-state index contributed by atoms with van der Waals surface area (Å²) in [5, 5.41) is 14.8. The number of pyridine rings is 1. The van der Waals surface area contributed by atoms with Crippen molar-refractivity contribution in [3.63, 3.8) is 0 Å². The molecule has 0 bridgehead atoms. The number of carbonyl (C=O) groups is 1. The predicted molar refractivity (Wildman–Crippen MR) is 117 cm³/mol. The molecule has 0 aliphatic heterocycles. The summed E-state index contributed by atoms with van der Waals surface area (Å²) >= 11 is 0. The first-order chi connectivity index (χ1) is 14.5. The molecule has 1 N–H and O–H groups in total. The van der Waals surface area contributed by atoms with E-state index in [9.17, 15) is 14.9 Å². The van der Waals surface area contributed by atoms with Gasteiger partial charge in [0.15, 0.2) is 5.78 Å². The van der Waals surface area contributed by atoms with E-state index in [0.717, 1.165) is 18.5 Å². The third-order valence-corrected chi connectivity index (χ3v) is 4.71. The molecule has 0 fully saturated rings. The first-order valence-corrected chi connectivity index (χ1v) is 9.70. The lowest BCUT2D eigenvalue weighted by atomic mass is 10.0. The second-order valence-electron chi connectivity index (χ2n) is 7.20. The van der Waals surface area contributed by atoms with E-state index in [0.29, 0.717) is 28.9 Å². The number of anilines is 2. The van der Waals surface area contributed by atoms with Crippen molar-refractivity contribution in [2.75, 3.05) is 26.0 Å². The van der Waals surface area contributed by atoms with E-state index in [-0.39, 0.29) is 11.6 Å². The third kappa shape index (κ3) is 5.07. The fraction of sp³-hybridized carbons (Fsp3) is 0.217. The monoisotopic (exact) mass is 404 g/mol. The first-order valence-electron chi connectivity index (χ1n) is 9.70. The number of carbonyl (C=O) groups excluding carboxylic acids is 1. The standard InChI is InChI=1S/C23H24N4O3/c1-26(2)16-8-11-17-14-15-24-23(27(29)30)21(17)25-20-13-7-6-12-19(20)22(28)18-9-4-3-5-10-18/h3-7,9-10,12-15,25H,8,11,16H2,1-2H3. The van der Waals surface area contributed by atoms with E-state index in [4.69, 9.17) is 0 Å². The van der Waals surface area contributed by atoms with Gasteiger partial charge in [-0.1, -0.05) is 42.5 Å². The molecule has 30 heavy (non-hydrogen) atoms. The van der Waals surface area contributed by atoms with Gasteiger partial charge in [0.1, 0.15) is 11.9 Å². The Morgan fingerprint density at radius 3 is 2.47 bits per heavy atom. The van der Waals surface area contributed by atoms with Gasteiger partial charge in [-0.3, -0.25) is 4.79 Å². The van der Waals surface area contributed by atoms with E-state index in [1.54, 1.807) is 54.6 Å². The van der Waals surface area contributed by atoms with Crippen molar-refractivity contribution in [1.29, 1.82) is 0 Å². The molecule has 1 aromatic heterocycles. The lowest BCUT2D eigenvalue weighted by Gasteiger charge is -2.15. The highest BCUT2D eigenvalue weighted by molar-refractivity contribution is 6.12. The average molecular weight is 404 g/mol. The molecule has 3 rings (SSSR count). The van der Waals surface area contributed by atoms with Crippen LogP contribution in [0.4, 0.5) is 17.2 Å². The van der Waals surface area contributed by atoms with E-state index < -0.39 is 4.92 Å². The van der Waals surface area contributed by atoms with Crippen LogP contribution >= 0.6 is 0 Å². The number of ketones is 1. The zero-order chi connectivity index (χ0) is 21.5. The number of hydrogen-bond donors (Lipinski definition) is 1. The van der Waals surface area contributed by atoms with E-state index in [2.05, 4.69) is 15.2 Å². The number of nitrogens with zero attached hydrogens (tertiary/aromatic N) is 3. The smallest absolute Gasteiger partial charge is 0.358 e. The van der Waals surface area contributed by atoms with Gasteiger partial charge in [-0.05, 0) is 67.2 Å². The molecular formula is C23H24N4O3. The minimum Gasteiger partial charge on any atom is -0.358 e. The number of rotatable bonds is 9. The molecule has 0 atom stereocenters. The van der Waals surface area contributed by atoms with Gasteiger partial charge in [0.25, 0.3) is 0 Å². The molecule has 154 valence electrons. The van der Waals surface area contributed by atoms with Gasteiger partial charge < -0.3 is 20.3 Å². The van der Waals surface area contributed by atoms with Gasteiger partial charge in [0.05, 0.1) is 0 Å². The van der Waals surface area contributed by atoms with Gasteiger partial charge in [0, 0.05) is 16.8 Å². The summed E-state index contributed by atoms with van der Waals surface area (Å²) in [5.41, 5.74) is 2.63. The van der Waals surface area contributed by atoms with Crippen LogP contribution in [0.3, 0.4) is 0 Å². The highest BCUT2D eigenvalue weighted by Gasteiger charge is 2.22. The number of aryl methyl sites for hydroxylation is 1. The van der Waals surface area contributed by atoms with Gasteiger partial charge in [-0.15, -0.1) is 0 Å². The van der Waals surface area contributed by atoms with Crippen LogP contribution in [-0.2, 0) is 6.42 Å². The van der Waals surface area contributed by atoms with Gasteiger partial charge in [-0.25, -0.2) is 0 Å². The van der Waals surface area contributed by atoms with Crippen LogP contribution in [0, 0.1) is 10.1 Å². The number of nitrogens with one attached hydrogen (secondary N) is 1. The summed E-state index contributed by atoms with van der Waals surface area (Å²) in [6.07, 6.45) is 2.95. The molecule has 0 spiro atoms. The quantitative estimate of drug-likeness (QED) is 0.322. The third-order valence-electron chi connectivity index (χ3n) is 4.71. The Balaban J connectivity index is 1.98. The van der Waals surface area contributed by atoms with Crippen molar-refractivity contribution < 1.29 is 9.72 Å². The van der Waals surface area contributed by atoms with E-state index in [1.807, 2.05) is 20.2 Å². The Morgan fingerprint density at radius 2 is 1.77 bits per heavy atom. The summed E-state index contributed by atoms with van der Waals surface area (Å²) < 4.78 is 0. The number of nitro groups is 1. The fourth-order valence-electron chi connectivity index (χ4n) is 3.23. The van der Waals surface area contributed by atoms with Crippen molar-refractivity contribution in [3.8, 4) is 0 Å². The summed E-state index contributed by atoms with van der Waals surface area (Å²) in [5.74, 6) is -0.404. The van der Waals surface area contributed by atoms with Gasteiger partial charge >= 0.3 is 5.82 Å². The normalized spacial score (nSPS) is 10.8. The largest absolute Gasteiger partial charge is 0.387 e. The second-order valence-corrected chi connectivity index (χ2v) is 7.20. The number of aromatic nitrogens is 1. The molecule has 0 aliphatic rings. The highest BCUT2D eigenvalue weighted by atomic mass is 16.6. The molecule has 7 heteroatoms. The lowest BCUT2D eigenvalue weighted by Crippen LogP contribution is -2.14. The van der Waals surface area contributed by atoms with Crippen LogP contribution in [0.25, 0.3) is 0 Å². The van der Waals surface area contributed by atoms with Crippen molar-refractivity contribution >= 4 is 23.0 Å². The fourth-order valence-corrected chi connectivity index (χ4v) is 3.23. The topological polar surface area (TPSA) is 88.4 Å². The van der Waals surface area contributed by atoms with Gasteiger partial charge in [0.2, 0.25) is 0 Å². The number of para-hydroxylation sites is 1. The average Bonchev–Trinajstić information content (AvgIpc) is 2.75. The van der Waals surface area contributed by atoms with E-state index in [1.165, 1.54) is 6.20 Å². The Kier molecular flexibility index (Phi) is 6.87. The molecule has 7 nitrogen and oxygen atoms in total. The van der Waals surface area contributed by atoms with Crippen molar-refractivity contribution in [2.24, 2.45) is 0 Å². The molecule has 0 aliphatic carbocycles. The first kappa shape index (κ1) is 21.1. The lowest BCUT2D eigenvalue weighted by molar-refractivity contribution is -0.388. The van der Waals surface area contributed by atoms with Crippen molar-refractivity contribution in [2.45, 2.75) is 12.8 Å². The zero-order valence-corrected chi connectivity index (χ0v) is 17.0. The maximum absolute atomic E-state index is 13.0. The molecule has 1 heterocycles. The maximum Gasteiger partial charge on any atom is 0.387 e. The summed E-state index contributed by atoms with van der Waals surface area (Å²) in [7, 11) is 3.97. The van der Waals surface area contributed by atoms with Crippen LogP contribution < -0.4 is 5.32 Å². The molecule has 2 aromatic carbocycles. The Morgan fingerprint density at radius 1 is 1.07 bits per heavy atom. The van der Waals surface area contributed by atoms with Crippen LogP contribution in [0.1, 0.15) is 27.9 Å². The van der Waals surface area contributed by atoms with E-state index >= 15 is 0 Å². The molecule has 0 unspecified atom stereocenters. The summed E-state index contributed by atoms with van der Waals surface area (Å²) in [4.78, 5) is 30.1. The molecule has 0 radical (unpaired) electrons. The van der Waals surface area contributed by atoms with Crippen LogP contribution in [-0.4, -0.2) is 41.2 Å². The summed E-state index contributed by atoms with van der Waals surface area (Å²) in [6, 6.07) is 17.8. The van der Waals surface area contributed by atoms with Crippen LogP contribution in [0.2, 0.25) is 0 Å². The van der Waals surface area contributed by atoms with Crippen LogP contribution in [0.5, 0.6) is 0 Å². The Labute approximate surface area is 175 Å². The van der Waals surface area contributed by atoms with Gasteiger partial charge in [-0.2, -0.15) is 0 Å².